The number of benzene rings is 1. The fraction of sp³-hybridized carbons (Fsp3) is 0.286. The normalized spacial score (nSPS) is 14.7. The number of pyridine rings is 1. The van der Waals surface area contributed by atoms with Crippen LogP contribution < -0.4 is 5.32 Å². The quantitative estimate of drug-likeness (QED) is 0.710. The molecule has 0 bridgehead atoms. The van der Waals surface area contributed by atoms with Crippen LogP contribution in [0.4, 0.5) is 0 Å². The minimum atomic E-state index is -0.267. The highest BCUT2D eigenvalue weighted by atomic mass is 16.5. The van der Waals surface area contributed by atoms with Crippen LogP contribution in [0.5, 0.6) is 0 Å². The third-order valence-electron chi connectivity index (χ3n) is 4.67. The molecule has 1 aliphatic heterocycles. The Labute approximate surface area is 163 Å². The van der Waals surface area contributed by atoms with Crippen LogP contribution in [0.1, 0.15) is 21.6 Å². The molecule has 0 spiro atoms. The summed E-state index contributed by atoms with van der Waals surface area (Å²) in [5.41, 5.74) is 3.33. The van der Waals surface area contributed by atoms with E-state index in [4.69, 9.17) is 9.26 Å². The number of amides is 1. The smallest absolute Gasteiger partial charge is 0.273 e. The average Bonchev–Trinajstić information content (AvgIpc) is 3.25. The van der Waals surface area contributed by atoms with E-state index in [2.05, 4.69) is 32.5 Å². The molecule has 2 aromatic heterocycles. The predicted octanol–water partition coefficient (Wildman–Crippen LogP) is 2.50. The third kappa shape index (κ3) is 4.62. The number of carbonyl (C=O) groups excluding carboxylic acids is 1. The van der Waals surface area contributed by atoms with E-state index >= 15 is 0 Å². The van der Waals surface area contributed by atoms with Crippen LogP contribution in [0.15, 0.2) is 59.4 Å². The Morgan fingerprint density at radius 1 is 1.11 bits per heavy atom. The molecule has 1 aliphatic rings. The SMILES string of the molecule is O=C(NCc1ccc(CN2CCOCC2)cc1)c1cc(-c2cccnc2)on1. The first-order valence-electron chi connectivity index (χ1n) is 9.31. The van der Waals surface area contributed by atoms with Gasteiger partial charge in [-0.15, -0.1) is 0 Å². The van der Waals surface area contributed by atoms with Crippen molar-refractivity contribution in [2.45, 2.75) is 13.1 Å². The van der Waals surface area contributed by atoms with E-state index in [0.29, 0.717) is 12.3 Å². The van der Waals surface area contributed by atoms with Gasteiger partial charge in [-0.2, -0.15) is 0 Å². The maximum absolute atomic E-state index is 12.3. The number of hydrogen-bond donors (Lipinski definition) is 1. The molecule has 3 heterocycles. The molecule has 7 nitrogen and oxygen atoms in total. The Bertz CT molecular complexity index is 903. The molecular weight excluding hydrogens is 356 g/mol. The summed E-state index contributed by atoms with van der Waals surface area (Å²) in [6.45, 7) is 4.90. The zero-order valence-corrected chi connectivity index (χ0v) is 15.5. The van der Waals surface area contributed by atoms with Crippen molar-refractivity contribution >= 4 is 5.91 Å². The zero-order valence-electron chi connectivity index (χ0n) is 15.5. The Morgan fingerprint density at radius 2 is 1.89 bits per heavy atom. The van der Waals surface area contributed by atoms with Gasteiger partial charge in [0.1, 0.15) is 0 Å². The average molecular weight is 378 g/mol. The van der Waals surface area contributed by atoms with Gasteiger partial charge in [-0.1, -0.05) is 29.4 Å². The van der Waals surface area contributed by atoms with Gasteiger partial charge in [0.05, 0.1) is 13.2 Å². The molecule has 0 atom stereocenters. The molecule has 1 aromatic carbocycles. The van der Waals surface area contributed by atoms with Crippen LogP contribution in [0, 0.1) is 0 Å². The van der Waals surface area contributed by atoms with Crippen LogP contribution in [0.3, 0.4) is 0 Å². The van der Waals surface area contributed by atoms with E-state index in [-0.39, 0.29) is 11.6 Å². The van der Waals surface area contributed by atoms with E-state index in [1.54, 1.807) is 24.5 Å². The molecule has 7 heteroatoms. The van der Waals surface area contributed by atoms with Gasteiger partial charge in [0.15, 0.2) is 11.5 Å². The van der Waals surface area contributed by atoms with Crippen molar-refractivity contribution in [2.75, 3.05) is 26.3 Å². The molecule has 3 aromatic rings. The molecular formula is C21H22N4O3. The van der Waals surface area contributed by atoms with Crippen LogP contribution in [-0.2, 0) is 17.8 Å². The lowest BCUT2D eigenvalue weighted by Gasteiger charge is -2.26. The predicted molar refractivity (Wildman–Crippen MR) is 103 cm³/mol. The van der Waals surface area contributed by atoms with Gasteiger partial charge in [0, 0.05) is 50.2 Å². The Balaban J connectivity index is 1.30. The van der Waals surface area contributed by atoms with Crippen LogP contribution in [0.2, 0.25) is 0 Å². The lowest BCUT2D eigenvalue weighted by molar-refractivity contribution is 0.0342. The first-order chi connectivity index (χ1) is 13.8. The zero-order chi connectivity index (χ0) is 19.2. The van der Waals surface area contributed by atoms with E-state index in [1.165, 1.54) is 5.56 Å². The summed E-state index contributed by atoms with van der Waals surface area (Å²) in [7, 11) is 0. The van der Waals surface area contributed by atoms with Crippen molar-refractivity contribution in [2.24, 2.45) is 0 Å². The lowest BCUT2D eigenvalue weighted by Crippen LogP contribution is -2.35. The second kappa shape index (κ2) is 8.77. The molecule has 1 amide bonds. The molecule has 1 N–H and O–H groups in total. The molecule has 4 rings (SSSR count). The summed E-state index contributed by atoms with van der Waals surface area (Å²) < 4.78 is 10.6. The van der Waals surface area contributed by atoms with Crippen LogP contribution in [0.25, 0.3) is 11.3 Å². The Hall–Kier alpha value is -3.03. The van der Waals surface area contributed by atoms with E-state index < -0.39 is 0 Å². The van der Waals surface area contributed by atoms with Crippen molar-refractivity contribution in [3.63, 3.8) is 0 Å². The molecule has 0 aliphatic carbocycles. The molecule has 0 unspecified atom stereocenters. The van der Waals surface area contributed by atoms with Crippen molar-refractivity contribution < 1.29 is 14.1 Å². The Kier molecular flexibility index (Phi) is 5.75. The van der Waals surface area contributed by atoms with E-state index in [0.717, 1.165) is 44.0 Å². The van der Waals surface area contributed by atoms with Gasteiger partial charge in [0.25, 0.3) is 5.91 Å². The number of ether oxygens (including phenoxy) is 1. The molecule has 0 saturated carbocycles. The second-order valence-corrected chi connectivity index (χ2v) is 6.71. The number of rotatable bonds is 6. The maximum Gasteiger partial charge on any atom is 0.273 e. The highest BCUT2D eigenvalue weighted by Crippen LogP contribution is 2.18. The van der Waals surface area contributed by atoms with Gasteiger partial charge < -0.3 is 14.6 Å². The Morgan fingerprint density at radius 3 is 2.64 bits per heavy atom. The number of aromatic nitrogens is 2. The number of nitrogens with one attached hydrogen (secondary N) is 1. The maximum atomic E-state index is 12.3. The first-order valence-corrected chi connectivity index (χ1v) is 9.31. The van der Waals surface area contributed by atoms with Gasteiger partial charge in [-0.25, -0.2) is 0 Å². The second-order valence-electron chi connectivity index (χ2n) is 6.71. The summed E-state index contributed by atoms with van der Waals surface area (Å²) in [6, 6.07) is 13.6. The summed E-state index contributed by atoms with van der Waals surface area (Å²) in [6.07, 6.45) is 3.35. The number of nitrogens with zero attached hydrogens (tertiary/aromatic N) is 3. The van der Waals surface area contributed by atoms with E-state index in [9.17, 15) is 4.79 Å². The largest absolute Gasteiger partial charge is 0.379 e. The number of carbonyl (C=O) groups is 1. The van der Waals surface area contributed by atoms with Crippen molar-refractivity contribution in [1.29, 1.82) is 0 Å². The molecule has 1 fully saturated rings. The standard InChI is InChI=1S/C21H22N4O3/c26-21(19-12-20(28-24-19)18-2-1-7-22-14-18)23-13-16-3-5-17(6-4-16)15-25-8-10-27-11-9-25/h1-7,12,14H,8-11,13,15H2,(H,23,26). The van der Waals surface area contributed by atoms with Crippen molar-refractivity contribution in [3.05, 3.63) is 71.7 Å². The van der Waals surface area contributed by atoms with Crippen molar-refractivity contribution in [1.82, 2.24) is 20.4 Å². The van der Waals surface area contributed by atoms with Crippen LogP contribution >= 0.6 is 0 Å². The highest BCUT2D eigenvalue weighted by molar-refractivity contribution is 5.93. The van der Waals surface area contributed by atoms with Crippen molar-refractivity contribution in [3.8, 4) is 11.3 Å². The molecule has 1 saturated heterocycles. The van der Waals surface area contributed by atoms with Gasteiger partial charge in [-0.3, -0.25) is 14.7 Å². The minimum Gasteiger partial charge on any atom is -0.379 e. The summed E-state index contributed by atoms with van der Waals surface area (Å²) in [5.74, 6) is 0.252. The lowest BCUT2D eigenvalue weighted by atomic mass is 10.1. The number of morpholine rings is 1. The molecule has 0 radical (unpaired) electrons. The molecule has 144 valence electrons. The van der Waals surface area contributed by atoms with Gasteiger partial charge >= 0.3 is 0 Å². The van der Waals surface area contributed by atoms with Gasteiger partial charge in [-0.05, 0) is 23.3 Å². The highest BCUT2D eigenvalue weighted by Gasteiger charge is 2.14. The fourth-order valence-corrected chi connectivity index (χ4v) is 3.08. The first kappa shape index (κ1) is 18.3. The monoisotopic (exact) mass is 378 g/mol. The van der Waals surface area contributed by atoms with Crippen LogP contribution in [-0.4, -0.2) is 47.3 Å². The van der Waals surface area contributed by atoms with Gasteiger partial charge in [0.2, 0.25) is 0 Å². The number of hydrogen-bond acceptors (Lipinski definition) is 6. The third-order valence-corrected chi connectivity index (χ3v) is 4.67. The summed E-state index contributed by atoms with van der Waals surface area (Å²) in [4.78, 5) is 18.7. The topological polar surface area (TPSA) is 80.5 Å². The summed E-state index contributed by atoms with van der Waals surface area (Å²) in [5, 5.41) is 6.73. The van der Waals surface area contributed by atoms with E-state index in [1.807, 2.05) is 18.2 Å². The fourth-order valence-electron chi connectivity index (χ4n) is 3.08. The minimum absolute atomic E-state index is 0.253. The molecule has 28 heavy (non-hydrogen) atoms. The summed E-state index contributed by atoms with van der Waals surface area (Å²) >= 11 is 0.